The van der Waals surface area contributed by atoms with Crippen LogP contribution < -0.4 is 9.64 Å². The predicted molar refractivity (Wildman–Crippen MR) is 102 cm³/mol. The third-order valence-corrected chi connectivity index (χ3v) is 5.20. The van der Waals surface area contributed by atoms with Crippen molar-refractivity contribution in [2.75, 3.05) is 18.6 Å². The predicted octanol–water partition coefficient (Wildman–Crippen LogP) is 4.37. The van der Waals surface area contributed by atoms with Crippen molar-refractivity contribution in [3.05, 3.63) is 58.7 Å². The van der Waals surface area contributed by atoms with Crippen molar-refractivity contribution in [1.29, 1.82) is 0 Å². The highest BCUT2D eigenvalue weighted by atomic mass is 35.5. The summed E-state index contributed by atoms with van der Waals surface area (Å²) >= 11 is 6.07. The number of ether oxygens (including phenoxy) is 1. The van der Waals surface area contributed by atoms with E-state index in [4.69, 9.17) is 20.9 Å². The van der Waals surface area contributed by atoms with Crippen LogP contribution in [0.1, 0.15) is 23.8 Å². The van der Waals surface area contributed by atoms with E-state index in [1.165, 1.54) is 19.2 Å². The Labute approximate surface area is 165 Å². The highest BCUT2D eigenvalue weighted by molar-refractivity contribution is 6.31. The molecule has 1 unspecified atom stereocenters. The lowest BCUT2D eigenvalue weighted by Crippen LogP contribution is -2.24. The Hall–Kier alpha value is -2.93. The van der Waals surface area contributed by atoms with Crippen LogP contribution in [0.15, 0.2) is 40.9 Å². The summed E-state index contributed by atoms with van der Waals surface area (Å²) < 4.78 is 24.2. The van der Waals surface area contributed by atoms with Crippen molar-refractivity contribution in [2.45, 2.75) is 19.3 Å². The minimum atomic E-state index is -0.508. The van der Waals surface area contributed by atoms with Gasteiger partial charge < -0.3 is 14.2 Å². The number of amides is 1. The Morgan fingerprint density at radius 3 is 2.82 bits per heavy atom. The fraction of sp³-hybridized carbons (Fsp3) is 0.250. The largest absolute Gasteiger partial charge is 0.494 e. The maximum Gasteiger partial charge on any atom is 0.232 e. The summed E-state index contributed by atoms with van der Waals surface area (Å²) in [5, 5.41) is 4.59. The summed E-state index contributed by atoms with van der Waals surface area (Å²) in [6.45, 7) is 2.32. The monoisotopic (exact) mass is 401 g/mol. The van der Waals surface area contributed by atoms with Crippen LogP contribution in [0.5, 0.6) is 5.75 Å². The van der Waals surface area contributed by atoms with Gasteiger partial charge in [-0.05, 0) is 48.9 Å². The minimum absolute atomic E-state index is 0.0260. The fourth-order valence-electron chi connectivity index (χ4n) is 3.24. The van der Waals surface area contributed by atoms with Crippen LogP contribution in [0.4, 0.5) is 10.1 Å². The standard InChI is InChI=1S/C20H17ClFN3O3/c1-11-7-14(4-5-15(11)21)25-10-13(9-18(25)26)20-23-19(24-28-20)12-3-6-17(27-2)16(22)8-12/h3-8,13H,9-10H2,1-2H3. The third kappa shape index (κ3) is 3.33. The molecule has 1 atom stereocenters. The van der Waals surface area contributed by atoms with Gasteiger partial charge in [0.15, 0.2) is 11.6 Å². The first kappa shape index (κ1) is 18.4. The molecule has 2 aromatic carbocycles. The zero-order valence-electron chi connectivity index (χ0n) is 15.3. The molecule has 0 saturated carbocycles. The number of methoxy groups -OCH3 is 1. The zero-order valence-corrected chi connectivity index (χ0v) is 16.0. The first-order valence-corrected chi connectivity index (χ1v) is 9.08. The van der Waals surface area contributed by atoms with Gasteiger partial charge in [0.2, 0.25) is 17.6 Å². The molecule has 0 spiro atoms. The number of hydrogen-bond acceptors (Lipinski definition) is 5. The molecule has 1 aliphatic rings. The highest BCUT2D eigenvalue weighted by Gasteiger charge is 2.35. The first-order valence-electron chi connectivity index (χ1n) is 8.70. The molecule has 0 aliphatic carbocycles. The SMILES string of the molecule is COc1ccc(-c2noc(C3CC(=O)N(c4ccc(Cl)c(C)c4)C3)n2)cc1F. The number of anilines is 1. The highest BCUT2D eigenvalue weighted by Crippen LogP contribution is 2.33. The summed E-state index contributed by atoms with van der Waals surface area (Å²) in [6, 6.07) is 9.91. The van der Waals surface area contributed by atoms with Crippen LogP contribution in [-0.2, 0) is 4.79 Å². The number of benzene rings is 2. The summed E-state index contributed by atoms with van der Waals surface area (Å²) in [4.78, 5) is 18.5. The molecule has 4 rings (SSSR count). The van der Waals surface area contributed by atoms with Gasteiger partial charge in [-0.2, -0.15) is 4.98 Å². The number of aromatic nitrogens is 2. The number of halogens is 2. The molecule has 3 aromatic rings. The molecule has 28 heavy (non-hydrogen) atoms. The number of hydrogen-bond donors (Lipinski definition) is 0. The van der Waals surface area contributed by atoms with Crippen LogP contribution in [0.2, 0.25) is 5.02 Å². The smallest absolute Gasteiger partial charge is 0.232 e. The van der Waals surface area contributed by atoms with Gasteiger partial charge >= 0.3 is 0 Å². The summed E-state index contributed by atoms with van der Waals surface area (Å²) in [6.07, 6.45) is 0.264. The van der Waals surface area contributed by atoms with Crippen molar-refractivity contribution in [3.63, 3.8) is 0 Å². The maximum atomic E-state index is 13.9. The molecule has 0 bridgehead atoms. The van der Waals surface area contributed by atoms with Gasteiger partial charge in [0, 0.05) is 29.2 Å². The first-order chi connectivity index (χ1) is 13.5. The second-order valence-electron chi connectivity index (χ2n) is 6.64. The normalized spacial score (nSPS) is 16.6. The molecule has 1 aliphatic heterocycles. The molecule has 6 nitrogen and oxygen atoms in total. The zero-order chi connectivity index (χ0) is 19.8. The van der Waals surface area contributed by atoms with Crippen molar-refractivity contribution < 1.29 is 18.4 Å². The van der Waals surface area contributed by atoms with Crippen molar-refractivity contribution >= 4 is 23.2 Å². The molecule has 0 radical (unpaired) electrons. The second kappa shape index (κ2) is 7.24. The van der Waals surface area contributed by atoms with E-state index in [-0.39, 0.29) is 29.8 Å². The molecule has 1 aromatic heterocycles. The van der Waals surface area contributed by atoms with E-state index in [0.29, 0.717) is 23.0 Å². The lowest BCUT2D eigenvalue weighted by atomic mass is 10.1. The van der Waals surface area contributed by atoms with E-state index >= 15 is 0 Å². The lowest BCUT2D eigenvalue weighted by molar-refractivity contribution is -0.117. The van der Waals surface area contributed by atoms with E-state index in [1.807, 2.05) is 19.1 Å². The Bertz CT molecular complexity index is 1050. The molecule has 0 N–H and O–H groups in total. The van der Waals surface area contributed by atoms with E-state index in [2.05, 4.69) is 10.1 Å². The molecule has 2 heterocycles. The number of rotatable bonds is 4. The Morgan fingerprint density at radius 2 is 2.11 bits per heavy atom. The Morgan fingerprint density at radius 1 is 1.29 bits per heavy atom. The average molecular weight is 402 g/mol. The molecule has 144 valence electrons. The maximum absolute atomic E-state index is 13.9. The van der Waals surface area contributed by atoms with Crippen molar-refractivity contribution in [1.82, 2.24) is 10.1 Å². The Balaban J connectivity index is 1.55. The van der Waals surface area contributed by atoms with Gasteiger partial charge in [0.05, 0.1) is 13.0 Å². The van der Waals surface area contributed by atoms with E-state index in [1.54, 1.807) is 17.0 Å². The topological polar surface area (TPSA) is 68.5 Å². The summed E-state index contributed by atoms with van der Waals surface area (Å²) in [5.74, 6) is 0.00165. The minimum Gasteiger partial charge on any atom is -0.494 e. The van der Waals surface area contributed by atoms with Gasteiger partial charge in [0.1, 0.15) is 0 Å². The van der Waals surface area contributed by atoms with Crippen LogP contribution in [0, 0.1) is 12.7 Å². The summed E-state index contributed by atoms with van der Waals surface area (Å²) in [5.41, 5.74) is 2.16. The quantitative estimate of drug-likeness (QED) is 0.649. The van der Waals surface area contributed by atoms with Crippen molar-refractivity contribution in [2.24, 2.45) is 0 Å². The van der Waals surface area contributed by atoms with Crippen molar-refractivity contribution in [3.8, 4) is 17.1 Å². The number of aryl methyl sites for hydroxylation is 1. The van der Waals surface area contributed by atoms with E-state index in [9.17, 15) is 9.18 Å². The van der Waals surface area contributed by atoms with Gasteiger partial charge in [0.25, 0.3) is 0 Å². The van der Waals surface area contributed by atoms with Gasteiger partial charge in [-0.1, -0.05) is 16.8 Å². The van der Waals surface area contributed by atoms with Crippen LogP contribution >= 0.6 is 11.6 Å². The second-order valence-corrected chi connectivity index (χ2v) is 7.05. The molecule has 1 fully saturated rings. The molecule has 1 saturated heterocycles. The number of carbonyl (C=O) groups is 1. The Kier molecular flexibility index (Phi) is 4.77. The number of nitrogens with zero attached hydrogens (tertiary/aromatic N) is 3. The third-order valence-electron chi connectivity index (χ3n) is 4.78. The summed E-state index contributed by atoms with van der Waals surface area (Å²) in [7, 11) is 1.40. The van der Waals surface area contributed by atoms with Gasteiger partial charge in [-0.15, -0.1) is 0 Å². The van der Waals surface area contributed by atoms with Crippen LogP contribution in [-0.4, -0.2) is 29.7 Å². The molecule has 8 heteroatoms. The van der Waals surface area contributed by atoms with Crippen LogP contribution in [0.3, 0.4) is 0 Å². The van der Waals surface area contributed by atoms with E-state index < -0.39 is 5.82 Å². The van der Waals surface area contributed by atoms with Gasteiger partial charge in [-0.25, -0.2) is 4.39 Å². The van der Waals surface area contributed by atoms with Crippen LogP contribution in [0.25, 0.3) is 11.4 Å². The van der Waals surface area contributed by atoms with Gasteiger partial charge in [-0.3, -0.25) is 4.79 Å². The lowest BCUT2D eigenvalue weighted by Gasteiger charge is -2.17. The fourth-order valence-corrected chi connectivity index (χ4v) is 3.36. The van der Waals surface area contributed by atoms with E-state index in [0.717, 1.165) is 11.3 Å². The average Bonchev–Trinajstić information content (AvgIpc) is 3.31. The molecule has 1 amide bonds. The molecular weight excluding hydrogens is 385 g/mol. The molecular formula is C20H17ClFN3O3. The number of carbonyl (C=O) groups excluding carboxylic acids is 1.